The van der Waals surface area contributed by atoms with Crippen molar-refractivity contribution in [2.45, 2.75) is 46.0 Å². The van der Waals surface area contributed by atoms with Crippen LogP contribution < -0.4 is 15.5 Å². The summed E-state index contributed by atoms with van der Waals surface area (Å²) < 4.78 is 6.28. The van der Waals surface area contributed by atoms with E-state index in [2.05, 4.69) is 37.8 Å². The molecule has 1 aliphatic carbocycles. The number of hydrazone groups is 1. The first kappa shape index (κ1) is 22.0. The van der Waals surface area contributed by atoms with Crippen LogP contribution in [0.5, 0.6) is 5.75 Å². The molecule has 0 heterocycles. The number of fused-ring (bicyclic) bond motifs is 1. The number of carbonyl (C=O) groups is 2. The number of anilines is 1. The molecule has 2 N–H and O–H groups in total. The lowest BCUT2D eigenvalue weighted by atomic mass is 9.90. The maximum Gasteiger partial charge on any atom is 0.277 e. The summed E-state index contributed by atoms with van der Waals surface area (Å²) in [5.74, 6) is 0.0469. The van der Waals surface area contributed by atoms with Gasteiger partial charge >= 0.3 is 0 Å². The maximum atomic E-state index is 12.4. The van der Waals surface area contributed by atoms with Crippen molar-refractivity contribution in [3.05, 3.63) is 57.6 Å². The van der Waals surface area contributed by atoms with E-state index in [-0.39, 0.29) is 24.8 Å². The first-order valence-corrected chi connectivity index (χ1v) is 10.8. The van der Waals surface area contributed by atoms with Crippen molar-refractivity contribution in [3.8, 4) is 5.75 Å². The Morgan fingerprint density at radius 2 is 1.93 bits per heavy atom. The fourth-order valence-corrected chi connectivity index (χ4v) is 4.03. The molecule has 0 saturated carbocycles. The Kier molecular flexibility index (Phi) is 7.63. The second-order valence-corrected chi connectivity index (χ2v) is 8.33. The maximum absolute atomic E-state index is 12.4. The Morgan fingerprint density at radius 3 is 2.73 bits per heavy atom. The molecule has 0 aromatic heterocycles. The minimum Gasteiger partial charge on any atom is -0.483 e. The number of halogens is 1. The van der Waals surface area contributed by atoms with Gasteiger partial charge in [-0.25, -0.2) is 5.43 Å². The van der Waals surface area contributed by atoms with Gasteiger partial charge in [-0.15, -0.1) is 0 Å². The first-order chi connectivity index (χ1) is 14.4. The summed E-state index contributed by atoms with van der Waals surface area (Å²) >= 11 is 3.41. The molecule has 3 rings (SSSR count). The van der Waals surface area contributed by atoms with E-state index < -0.39 is 0 Å². The predicted molar refractivity (Wildman–Crippen MR) is 122 cm³/mol. The topological polar surface area (TPSA) is 79.8 Å². The largest absolute Gasteiger partial charge is 0.483 e. The van der Waals surface area contributed by atoms with Crippen LogP contribution in [0.1, 0.15) is 42.9 Å². The summed E-state index contributed by atoms with van der Waals surface area (Å²) in [6, 6.07) is 11.7. The van der Waals surface area contributed by atoms with E-state index >= 15 is 0 Å². The number of carbonyl (C=O) groups excluding carboxylic acids is 2. The Labute approximate surface area is 185 Å². The highest BCUT2D eigenvalue weighted by Gasteiger charge is 2.15. The normalized spacial score (nSPS) is 13.4. The second-order valence-electron chi connectivity index (χ2n) is 7.48. The van der Waals surface area contributed by atoms with Gasteiger partial charge in [-0.3, -0.25) is 9.59 Å². The van der Waals surface area contributed by atoms with Crippen molar-refractivity contribution in [3.63, 3.8) is 0 Å². The Morgan fingerprint density at radius 1 is 1.13 bits per heavy atom. The highest BCUT2D eigenvalue weighted by atomic mass is 79.9. The van der Waals surface area contributed by atoms with E-state index in [4.69, 9.17) is 4.74 Å². The molecule has 7 heteroatoms. The zero-order valence-corrected chi connectivity index (χ0v) is 18.8. The molecule has 0 unspecified atom stereocenters. The van der Waals surface area contributed by atoms with Gasteiger partial charge in [-0.05, 0) is 90.4 Å². The van der Waals surface area contributed by atoms with Crippen LogP contribution in [0.15, 0.2) is 46.0 Å². The highest BCUT2D eigenvalue weighted by Crippen LogP contribution is 2.28. The van der Waals surface area contributed by atoms with E-state index in [0.29, 0.717) is 11.5 Å². The van der Waals surface area contributed by atoms with E-state index in [1.165, 1.54) is 17.5 Å². The van der Waals surface area contributed by atoms with Crippen molar-refractivity contribution in [2.24, 2.45) is 5.10 Å². The molecule has 158 valence electrons. The average Bonchev–Trinajstić information content (AvgIpc) is 2.72. The molecule has 1 aliphatic rings. The van der Waals surface area contributed by atoms with Gasteiger partial charge < -0.3 is 10.1 Å². The molecule has 0 spiro atoms. The number of rotatable bonds is 7. The van der Waals surface area contributed by atoms with Crippen LogP contribution in [0.2, 0.25) is 0 Å². The van der Waals surface area contributed by atoms with Crippen molar-refractivity contribution < 1.29 is 14.3 Å². The number of ether oxygens (including phenoxy) is 1. The fraction of sp³-hybridized carbons (Fsp3) is 0.348. The number of hydrogen-bond donors (Lipinski definition) is 2. The Balaban J connectivity index is 1.47. The van der Waals surface area contributed by atoms with Crippen LogP contribution >= 0.6 is 15.9 Å². The highest BCUT2D eigenvalue weighted by molar-refractivity contribution is 9.10. The van der Waals surface area contributed by atoms with Gasteiger partial charge in [0.15, 0.2) is 6.61 Å². The van der Waals surface area contributed by atoms with Gasteiger partial charge in [-0.2, -0.15) is 5.10 Å². The van der Waals surface area contributed by atoms with Gasteiger partial charge in [0.2, 0.25) is 5.91 Å². The fourth-order valence-electron chi connectivity index (χ4n) is 3.42. The number of aryl methyl sites for hydroxylation is 2. The molecule has 0 atom stereocenters. The minimum absolute atomic E-state index is 0.105. The van der Waals surface area contributed by atoms with Gasteiger partial charge in [0.05, 0.1) is 10.9 Å². The standard InChI is InChI=1S/C23H26BrN3O3/c1-15-10-11-21(19(24)12-15)30-14-23(29)27-26-16(2)13-22(28)25-20-9-5-7-17-6-3-4-8-18(17)20/h5,7,9-12H,3-4,6,8,13-14H2,1-2H3,(H,25,28)(H,27,29)/b26-16+. The van der Waals surface area contributed by atoms with E-state index in [1.807, 2.05) is 31.2 Å². The van der Waals surface area contributed by atoms with Gasteiger partial charge in [0, 0.05) is 11.4 Å². The number of amides is 2. The van der Waals surface area contributed by atoms with Crippen LogP contribution in [0, 0.1) is 6.92 Å². The van der Waals surface area contributed by atoms with Crippen LogP contribution in [0.4, 0.5) is 5.69 Å². The summed E-state index contributed by atoms with van der Waals surface area (Å²) in [4.78, 5) is 24.4. The molecular weight excluding hydrogens is 446 g/mol. The summed E-state index contributed by atoms with van der Waals surface area (Å²) in [6.45, 7) is 3.51. The van der Waals surface area contributed by atoms with Crippen molar-refractivity contribution in [1.82, 2.24) is 5.43 Å². The lowest BCUT2D eigenvalue weighted by Crippen LogP contribution is -2.26. The number of nitrogens with one attached hydrogen (secondary N) is 2. The third kappa shape index (κ3) is 6.16. The predicted octanol–water partition coefficient (Wildman–Crippen LogP) is 4.54. The summed E-state index contributed by atoms with van der Waals surface area (Å²) in [5.41, 5.74) is 7.47. The lowest BCUT2D eigenvalue weighted by molar-refractivity contribution is -0.123. The second kappa shape index (κ2) is 10.4. The van der Waals surface area contributed by atoms with Gasteiger partial charge in [0.1, 0.15) is 5.75 Å². The Hall–Kier alpha value is -2.67. The Bertz CT molecular complexity index is 972. The molecule has 0 aliphatic heterocycles. The minimum atomic E-state index is -0.389. The van der Waals surface area contributed by atoms with Crippen LogP contribution in [0.25, 0.3) is 0 Å². The molecule has 0 fully saturated rings. The molecule has 2 aromatic carbocycles. The molecule has 0 radical (unpaired) electrons. The third-order valence-corrected chi connectivity index (χ3v) is 5.52. The zero-order chi connectivity index (χ0) is 21.5. The SMILES string of the molecule is C/C(CC(=O)Nc1cccc2c1CCCC2)=N\NC(=O)COc1ccc(C)cc1Br. The van der Waals surface area contributed by atoms with Crippen LogP contribution in [-0.4, -0.2) is 24.1 Å². The summed E-state index contributed by atoms with van der Waals surface area (Å²) in [6.07, 6.45) is 4.50. The monoisotopic (exact) mass is 471 g/mol. The average molecular weight is 472 g/mol. The number of benzene rings is 2. The first-order valence-electron chi connectivity index (χ1n) is 10.0. The summed E-state index contributed by atoms with van der Waals surface area (Å²) in [5, 5.41) is 6.99. The zero-order valence-electron chi connectivity index (χ0n) is 17.3. The van der Waals surface area contributed by atoms with E-state index in [0.717, 1.165) is 35.0 Å². The van der Waals surface area contributed by atoms with Crippen LogP contribution in [0.3, 0.4) is 0 Å². The molecule has 0 saturated heterocycles. The van der Waals surface area contributed by atoms with Gasteiger partial charge in [-0.1, -0.05) is 18.2 Å². The van der Waals surface area contributed by atoms with Crippen molar-refractivity contribution in [2.75, 3.05) is 11.9 Å². The molecule has 6 nitrogen and oxygen atoms in total. The van der Waals surface area contributed by atoms with E-state index in [1.54, 1.807) is 13.0 Å². The molecule has 2 amide bonds. The summed E-state index contributed by atoms with van der Waals surface area (Å²) in [7, 11) is 0. The quantitative estimate of drug-likeness (QED) is 0.459. The number of hydrogen-bond acceptors (Lipinski definition) is 4. The molecular formula is C23H26BrN3O3. The number of nitrogens with zero attached hydrogens (tertiary/aromatic N) is 1. The lowest BCUT2D eigenvalue weighted by Gasteiger charge is -2.19. The van der Waals surface area contributed by atoms with Gasteiger partial charge in [0.25, 0.3) is 5.91 Å². The smallest absolute Gasteiger partial charge is 0.277 e. The molecule has 30 heavy (non-hydrogen) atoms. The van der Waals surface area contributed by atoms with E-state index in [9.17, 15) is 9.59 Å². The van der Waals surface area contributed by atoms with Crippen LogP contribution in [-0.2, 0) is 22.4 Å². The van der Waals surface area contributed by atoms with Crippen molar-refractivity contribution in [1.29, 1.82) is 0 Å². The molecule has 0 bridgehead atoms. The molecule has 2 aromatic rings. The third-order valence-electron chi connectivity index (χ3n) is 4.90. The van der Waals surface area contributed by atoms with Crippen molar-refractivity contribution >= 4 is 39.1 Å².